The number of nitrogens with zero attached hydrogens (tertiary/aromatic N) is 1. The van der Waals surface area contributed by atoms with Crippen LogP contribution < -0.4 is 0 Å². The largest absolute Gasteiger partial charge is 0.465 e. The third kappa shape index (κ3) is 5.75. The number of benzene rings is 1. The molecule has 2 aliphatic rings. The van der Waals surface area contributed by atoms with E-state index in [0.717, 1.165) is 5.56 Å². The van der Waals surface area contributed by atoms with Gasteiger partial charge < -0.3 is 4.74 Å². The zero-order valence-electron chi connectivity index (χ0n) is 14.0. The number of hydrogen-bond acceptors (Lipinski definition) is 3. The molecule has 2 unspecified atom stereocenters. The second-order valence-electron chi connectivity index (χ2n) is 6.35. The van der Waals surface area contributed by atoms with Crippen molar-refractivity contribution in [1.82, 2.24) is 4.90 Å². The fourth-order valence-electron chi connectivity index (χ4n) is 3.79. The average Bonchev–Trinajstić information content (AvgIpc) is 2.62. The molecular formula is C19H28INO2. The highest BCUT2D eigenvalue weighted by Crippen LogP contribution is 2.31. The molecule has 1 aromatic rings. The molecule has 23 heavy (non-hydrogen) atoms. The molecule has 2 aliphatic heterocycles. The summed E-state index contributed by atoms with van der Waals surface area (Å²) < 4.78 is 5.57. The Morgan fingerprint density at radius 1 is 1.13 bits per heavy atom. The third-order valence-electron chi connectivity index (χ3n) is 4.88. The Balaban J connectivity index is 0.000000924. The van der Waals surface area contributed by atoms with E-state index in [9.17, 15) is 4.79 Å². The van der Waals surface area contributed by atoms with Crippen molar-refractivity contribution in [3.05, 3.63) is 35.9 Å². The van der Waals surface area contributed by atoms with Crippen LogP contribution in [-0.4, -0.2) is 41.5 Å². The molecule has 3 rings (SSSR count). The van der Waals surface area contributed by atoms with Crippen molar-refractivity contribution in [2.75, 3.05) is 24.6 Å². The Morgan fingerprint density at radius 3 is 2.65 bits per heavy atom. The maximum atomic E-state index is 12.0. The number of esters is 1. The topological polar surface area (TPSA) is 29.5 Å². The molecule has 2 saturated heterocycles. The molecular weight excluding hydrogens is 401 g/mol. The predicted octanol–water partition coefficient (Wildman–Crippen LogP) is 4.09. The summed E-state index contributed by atoms with van der Waals surface area (Å²) in [5.41, 5.74) is 1.03. The van der Waals surface area contributed by atoms with Gasteiger partial charge in [-0.25, -0.2) is 0 Å². The second-order valence-corrected chi connectivity index (χ2v) is 6.35. The van der Waals surface area contributed by atoms with Crippen LogP contribution in [0.1, 0.15) is 37.7 Å². The molecule has 4 heteroatoms. The van der Waals surface area contributed by atoms with Crippen LogP contribution >= 0.6 is 22.6 Å². The van der Waals surface area contributed by atoms with E-state index in [0.29, 0.717) is 25.0 Å². The molecule has 1 aromatic carbocycles. The number of halogens is 1. The van der Waals surface area contributed by atoms with Gasteiger partial charge in [0.05, 0.1) is 13.0 Å². The van der Waals surface area contributed by atoms with Crippen molar-refractivity contribution in [1.29, 1.82) is 0 Å². The maximum Gasteiger partial charge on any atom is 0.310 e. The van der Waals surface area contributed by atoms with E-state index in [2.05, 4.69) is 27.5 Å². The number of hydrogen-bond donors (Lipinski definition) is 0. The molecule has 0 aromatic heterocycles. The lowest BCUT2D eigenvalue weighted by atomic mass is 9.84. The molecule has 2 heterocycles. The first-order valence-electron chi connectivity index (χ1n) is 8.64. The molecule has 0 spiro atoms. The first-order valence-corrected chi connectivity index (χ1v) is 10.8. The summed E-state index contributed by atoms with van der Waals surface area (Å²) in [5.74, 6) is 0.452. The molecule has 0 radical (unpaired) electrons. The molecule has 2 fully saturated rings. The summed E-state index contributed by atoms with van der Waals surface area (Å²) >= 11 is 2.15. The van der Waals surface area contributed by atoms with Gasteiger partial charge in [0.1, 0.15) is 0 Å². The highest BCUT2D eigenvalue weighted by atomic mass is 127. The average molecular weight is 429 g/mol. The highest BCUT2D eigenvalue weighted by Gasteiger charge is 2.33. The van der Waals surface area contributed by atoms with E-state index in [4.69, 9.17) is 4.74 Å². The molecule has 3 nitrogen and oxygen atoms in total. The van der Waals surface area contributed by atoms with Crippen LogP contribution in [0.4, 0.5) is 0 Å². The zero-order chi connectivity index (χ0) is 16.5. The minimum Gasteiger partial charge on any atom is -0.465 e. The Bertz CT molecular complexity index is 464. The minimum absolute atomic E-state index is 0.0888. The lowest BCUT2D eigenvalue weighted by Crippen LogP contribution is -2.49. The van der Waals surface area contributed by atoms with Gasteiger partial charge in [0.2, 0.25) is 0 Å². The monoisotopic (exact) mass is 429 g/mol. The van der Waals surface area contributed by atoms with Gasteiger partial charge in [0.25, 0.3) is 0 Å². The van der Waals surface area contributed by atoms with Crippen molar-refractivity contribution in [2.24, 2.45) is 5.92 Å². The van der Waals surface area contributed by atoms with E-state index < -0.39 is 0 Å². The Morgan fingerprint density at radius 2 is 1.87 bits per heavy atom. The first-order chi connectivity index (χ1) is 11.3. The number of fused-ring (bicyclic) bond motifs is 1. The molecule has 0 bridgehead atoms. The van der Waals surface area contributed by atoms with Gasteiger partial charge >= 0.3 is 5.97 Å². The molecule has 128 valence electrons. The molecule has 0 amide bonds. The fraction of sp³-hybridized carbons (Fsp3) is 0.632. The van der Waals surface area contributed by atoms with E-state index in [1.807, 2.05) is 35.3 Å². The van der Waals surface area contributed by atoms with E-state index >= 15 is 0 Å². The lowest BCUT2D eigenvalue weighted by molar-refractivity contribution is -0.145. The Hall–Kier alpha value is -0.620. The van der Waals surface area contributed by atoms with Gasteiger partial charge in [-0.2, -0.15) is 0 Å². The fourth-order valence-corrected chi connectivity index (χ4v) is 3.79. The summed E-state index contributed by atoms with van der Waals surface area (Å²) in [4.78, 5) is 16.6. The Labute approximate surface area is 153 Å². The smallest absolute Gasteiger partial charge is 0.310 e. The van der Waals surface area contributed by atoms with E-state index in [1.54, 1.807) is 0 Å². The minimum atomic E-state index is -0.0888. The SMILES string of the molecule is CI.O=C(Cc1ccccc1)OCC1CCCN2CCCCC12. The number of carbonyl (C=O) groups excluding carboxylic acids is 1. The van der Waals surface area contributed by atoms with Gasteiger partial charge in [-0.15, -0.1) is 0 Å². The van der Waals surface area contributed by atoms with Gasteiger partial charge in [-0.05, 0) is 49.3 Å². The molecule has 0 aliphatic carbocycles. The number of ether oxygens (including phenoxy) is 1. The normalized spacial score (nSPS) is 24.1. The summed E-state index contributed by atoms with van der Waals surface area (Å²) in [5, 5.41) is 0. The van der Waals surface area contributed by atoms with Gasteiger partial charge in [0, 0.05) is 12.0 Å². The summed E-state index contributed by atoms with van der Waals surface area (Å²) in [6, 6.07) is 10.5. The van der Waals surface area contributed by atoms with Gasteiger partial charge in [-0.3, -0.25) is 9.69 Å². The van der Waals surface area contributed by atoms with Gasteiger partial charge in [-0.1, -0.05) is 59.3 Å². The first kappa shape index (κ1) is 18.7. The van der Waals surface area contributed by atoms with Gasteiger partial charge in [0.15, 0.2) is 0 Å². The third-order valence-corrected chi connectivity index (χ3v) is 4.88. The second kappa shape index (κ2) is 10.3. The zero-order valence-corrected chi connectivity index (χ0v) is 16.2. The number of rotatable bonds is 4. The highest BCUT2D eigenvalue weighted by molar-refractivity contribution is 14.1. The molecule has 0 saturated carbocycles. The van der Waals surface area contributed by atoms with Crippen LogP contribution in [0.15, 0.2) is 30.3 Å². The molecule has 2 atom stereocenters. The quantitative estimate of drug-likeness (QED) is 0.410. The van der Waals surface area contributed by atoms with Crippen LogP contribution in [0.25, 0.3) is 0 Å². The van der Waals surface area contributed by atoms with E-state index in [1.165, 1.54) is 45.2 Å². The van der Waals surface area contributed by atoms with Crippen LogP contribution in [0.5, 0.6) is 0 Å². The summed E-state index contributed by atoms with van der Waals surface area (Å²) in [7, 11) is 0. The standard InChI is InChI=1S/C18H25NO2.CH3I/c20-18(13-15-7-2-1-3-8-15)21-14-16-9-6-12-19-11-5-4-10-17(16)19;1-2/h1-3,7-8,16-17H,4-6,9-14H2;1H3. The van der Waals surface area contributed by atoms with E-state index in [-0.39, 0.29) is 5.97 Å². The van der Waals surface area contributed by atoms with Crippen molar-refractivity contribution >= 4 is 28.6 Å². The number of alkyl halides is 1. The summed E-state index contributed by atoms with van der Waals surface area (Å²) in [6.07, 6.45) is 6.78. The van der Waals surface area contributed by atoms with Crippen LogP contribution in [-0.2, 0) is 16.0 Å². The van der Waals surface area contributed by atoms with Crippen molar-refractivity contribution < 1.29 is 9.53 Å². The van der Waals surface area contributed by atoms with Crippen LogP contribution in [0.2, 0.25) is 0 Å². The predicted molar refractivity (Wildman–Crippen MR) is 103 cm³/mol. The number of carbonyl (C=O) groups is 1. The number of piperidine rings is 2. The molecule has 0 N–H and O–H groups in total. The van der Waals surface area contributed by atoms with Crippen molar-refractivity contribution in [2.45, 2.75) is 44.6 Å². The Kier molecular flexibility index (Phi) is 8.37. The lowest BCUT2D eigenvalue weighted by Gasteiger charge is -2.44. The van der Waals surface area contributed by atoms with Crippen molar-refractivity contribution in [3.8, 4) is 0 Å². The summed E-state index contributed by atoms with van der Waals surface area (Å²) in [6.45, 7) is 3.07. The van der Waals surface area contributed by atoms with Crippen LogP contribution in [0.3, 0.4) is 0 Å². The van der Waals surface area contributed by atoms with Crippen molar-refractivity contribution in [3.63, 3.8) is 0 Å². The maximum absolute atomic E-state index is 12.0. The van der Waals surface area contributed by atoms with Crippen LogP contribution in [0, 0.1) is 5.92 Å².